The lowest BCUT2D eigenvalue weighted by Crippen LogP contribution is -2.44. The van der Waals surface area contributed by atoms with Crippen molar-refractivity contribution in [3.8, 4) is 11.4 Å². The number of hydrogen-bond acceptors (Lipinski definition) is 6. The Morgan fingerprint density at radius 2 is 2.07 bits per heavy atom. The Hall–Kier alpha value is -2.48. The molecule has 1 aliphatic heterocycles. The molecule has 4 rings (SSSR count). The number of nitrogens with one attached hydrogen (secondary N) is 1. The normalized spacial score (nSPS) is 15.1. The van der Waals surface area contributed by atoms with E-state index in [0.717, 1.165) is 26.2 Å². The third-order valence-electron chi connectivity index (χ3n) is 4.74. The number of piperazine rings is 1. The quantitative estimate of drug-likeness (QED) is 0.709. The summed E-state index contributed by atoms with van der Waals surface area (Å²) in [6.07, 6.45) is 1.61. The van der Waals surface area contributed by atoms with Gasteiger partial charge in [-0.15, -0.1) is 0 Å². The van der Waals surface area contributed by atoms with Gasteiger partial charge in [0.1, 0.15) is 11.6 Å². The fraction of sp³-hybridized carbons (Fsp3) is 0.350. The highest BCUT2D eigenvalue weighted by Gasteiger charge is 2.20. The lowest BCUT2D eigenvalue weighted by atomic mass is 10.2. The summed E-state index contributed by atoms with van der Waals surface area (Å²) in [6, 6.07) is 8.89. The van der Waals surface area contributed by atoms with Crippen LogP contribution in [-0.4, -0.2) is 52.2 Å². The Balaban J connectivity index is 1.91. The fourth-order valence-electron chi connectivity index (χ4n) is 3.43. The molecule has 1 fully saturated rings. The second kappa shape index (κ2) is 8.26. The first kappa shape index (κ1) is 18.9. The van der Waals surface area contributed by atoms with E-state index < -0.39 is 0 Å². The smallest absolute Gasteiger partial charge is 0.284 e. The van der Waals surface area contributed by atoms with Crippen LogP contribution in [0.15, 0.2) is 41.3 Å². The summed E-state index contributed by atoms with van der Waals surface area (Å²) in [5.74, 6) is 1.21. The number of fused-ring (bicyclic) bond motifs is 1. The number of hydrogen-bond donors (Lipinski definition) is 1. The van der Waals surface area contributed by atoms with Crippen LogP contribution in [0.2, 0.25) is 5.02 Å². The van der Waals surface area contributed by atoms with Gasteiger partial charge in [-0.05, 0) is 31.2 Å². The molecule has 1 N–H and O–H groups in total. The van der Waals surface area contributed by atoms with E-state index >= 15 is 0 Å². The predicted molar refractivity (Wildman–Crippen MR) is 109 cm³/mol. The molecule has 0 saturated carbocycles. The molecule has 146 valence electrons. The van der Waals surface area contributed by atoms with Gasteiger partial charge in [0.15, 0.2) is 5.52 Å². The van der Waals surface area contributed by atoms with Crippen LogP contribution in [0, 0.1) is 0 Å². The van der Waals surface area contributed by atoms with Gasteiger partial charge in [0.05, 0.1) is 24.4 Å². The third-order valence-corrected chi connectivity index (χ3v) is 4.97. The average Bonchev–Trinajstić information content (AvgIpc) is 2.70. The maximum Gasteiger partial charge on any atom is 0.284 e. The summed E-state index contributed by atoms with van der Waals surface area (Å²) in [4.78, 5) is 24.7. The standard InChI is InChI=1S/C20H22ClN5O2/c1-2-28-17-12-14(21)5-6-16(17)26-18(13-25-10-8-22-9-11-25)24-15-4-3-7-23-19(15)20(26)27/h3-7,12,22H,2,8-11,13H2,1H3. The van der Waals surface area contributed by atoms with Crippen LogP contribution in [0.25, 0.3) is 16.7 Å². The summed E-state index contributed by atoms with van der Waals surface area (Å²) in [5.41, 5.74) is 1.35. The highest BCUT2D eigenvalue weighted by Crippen LogP contribution is 2.27. The van der Waals surface area contributed by atoms with E-state index in [0.29, 0.717) is 46.5 Å². The van der Waals surface area contributed by atoms with Crippen molar-refractivity contribution in [2.24, 2.45) is 0 Å². The van der Waals surface area contributed by atoms with Crippen molar-refractivity contribution >= 4 is 22.6 Å². The van der Waals surface area contributed by atoms with E-state index in [9.17, 15) is 4.79 Å². The van der Waals surface area contributed by atoms with E-state index in [1.54, 1.807) is 35.0 Å². The molecule has 3 heterocycles. The first-order chi connectivity index (χ1) is 13.7. The van der Waals surface area contributed by atoms with Crippen LogP contribution in [-0.2, 0) is 6.54 Å². The fourth-order valence-corrected chi connectivity index (χ4v) is 3.59. The van der Waals surface area contributed by atoms with Crippen LogP contribution in [0.5, 0.6) is 5.75 Å². The largest absolute Gasteiger partial charge is 0.492 e. The van der Waals surface area contributed by atoms with Gasteiger partial charge in [-0.25, -0.2) is 9.97 Å². The Kier molecular flexibility index (Phi) is 5.57. The average molecular weight is 400 g/mol. The predicted octanol–water partition coefficient (Wildman–Crippen LogP) is 2.24. The van der Waals surface area contributed by atoms with Crippen molar-refractivity contribution in [2.75, 3.05) is 32.8 Å². The molecule has 1 aromatic carbocycles. The van der Waals surface area contributed by atoms with Crippen molar-refractivity contribution in [1.29, 1.82) is 0 Å². The summed E-state index contributed by atoms with van der Waals surface area (Å²) in [6.45, 7) is 6.58. The molecule has 0 bridgehead atoms. The van der Waals surface area contributed by atoms with Crippen molar-refractivity contribution in [2.45, 2.75) is 13.5 Å². The molecule has 0 unspecified atom stereocenters. The van der Waals surface area contributed by atoms with E-state index in [1.165, 1.54) is 0 Å². The van der Waals surface area contributed by atoms with Gasteiger partial charge in [-0.3, -0.25) is 14.3 Å². The van der Waals surface area contributed by atoms with Gasteiger partial charge in [0.25, 0.3) is 5.56 Å². The molecular weight excluding hydrogens is 378 g/mol. The van der Waals surface area contributed by atoms with Gasteiger partial charge >= 0.3 is 0 Å². The van der Waals surface area contributed by atoms with E-state index in [2.05, 4.69) is 15.2 Å². The molecule has 1 aliphatic rings. The van der Waals surface area contributed by atoms with Crippen molar-refractivity contribution < 1.29 is 4.74 Å². The molecule has 0 spiro atoms. The maximum atomic E-state index is 13.4. The number of benzene rings is 1. The molecule has 7 nitrogen and oxygen atoms in total. The Bertz CT molecular complexity index is 1050. The maximum absolute atomic E-state index is 13.4. The minimum atomic E-state index is -0.209. The van der Waals surface area contributed by atoms with E-state index in [-0.39, 0.29) is 5.56 Å². The zero-order chi connectivity index (χ0) is 19.5. The number of nitrogens with zero attached hydrogens (tertiary/aromatic N) is 4. The number of halogens is 1. The minimum absolute atomic E-state index is 0.209. The second-order valence-corrected chi connectivity index (χ2v) is 7.05. The van der Waals surface area contributed by atoms with Crippen LogP contribution in [0.3, 0.4) is 0 Å². The molecule has 28 heavy (non-hydrogen) atoms. The van der Waals surface area contributed by atoms with Gasteiger partial charge in [0, 0.05) is 43.5 Å². The van der Waals surface area contributed by atoms with Gasteiger partial charge < -0.3 is 10.1 Å². The lowest BCUT2D eigenvalue weighted by molar-refractivity contribution is 0.226. The zero-order valence-corrected chi connectivity index (χ0v) is 16.4. The van der Waals surface area contributed by atoms with E-state index in [1.807, 2.05) is 13.0 Å². The molecule has 0 radical (unpaired) electrons. The molecule has 8 heteroatoms. The Morgan fingerprint density at radius 1 is 1.25 bits per heavy atom. The summed E-state index contributed by atoms with van der Waals surface area (Å²) in [7, 11) is 0. The monoisotopic (exact) mass is 399 g/mol. The van der Waals surface area contributed by atoms with Gasteiger partial charge in [-0.1, -0.05) is 11.6 Å². The molecule has 3 aromatic rings. The van der Waals surface area contributed by atoms with Crippen molar-refractivity contribution in [1.82, 2.24) is 24.8 Å². The first-order valence-electron chi connectivity index (χ1n) is 9.40. The number of rotatable bonds is 5. The molecule has 0 atom stereocenters. The Morgan fingerprint density at radius 3 is 2.86 bits per heavy atom. The number of aromatic nitrogens is 3. The molecule has 2 aromatic heterocycles. The third kappa shape index (κ3) is 3.73. The highest BCUT2D eigenvalue weighted by atomic mass is 35.5. The molecule has 0 amide bonds. The lowest BCUT2D eigenvalue weighted by Gasteiger charge is -2.28. The minimum Gasteiger partial charge on any atom is -0.492 e. The van der Waals surface area contributed by atoms with Gasteiger partial charge in [-0.2, -0.15) is 0 Å². The van der Waals surface area contributed by atoms with Crippen LogP contribution in [0.4, 0.5) is 0 Å². The topological polar surface area (TPSA) is 72.3 Å². The first-order valence-corrected chi connectivity index (χ1v) is 9.77. The van der Waals surface area contributed by atoms with Crippen molar-refractivity contribution in [3.63, 3.8) is 0 Å². The summed E-state index contributed by atoms with van der Waals surface area (Å²) >= 11 is 6.16. The molecule has 1 saturated heterocycles. The highest BCUT2D eigenvalue weighted by molar-refractivity contribution is 6.30. The van der Waals surface area contributed by atoms with Crippen molar-refractivity contribution in [3.05, 3.63) is 57.7 Å². The van der Waals surface area contributed by atoms with Crippen LogP contribution < -0.4 is 15.6 Å². The summed E-state index contributed by atoms with van der Waals surface area (Å²) < 4.78 is 7.38. The van der Waals surface area contributed by atoms with Crippen LogP contribution in [0.1, 0.15) is 12.7 Å². The second-order valence-electron chi connectivity index (χ2n) is 6.61. The number of pyridine rings is 1. The van der Waals surface area contributed by atoms with Gasteiger partial charge in [0.2, 0.25) is 0 Å². The Labute approximate surface area is 167 Å². The molecular formula is C20H22ClN5O2. The zero-order valence-electron chi connectivity index (χ0n) is 15.7. The summed E-state index contributed by atoms with van der Waals surface area (Å²) in [5, 5.41) is 3.90. The SMILES string of the molecule is CCOc1cc(Cl)ccc1-n1c(CN2CCNCC2)nc2cccnc2c1=O. The van der Waals surface area contributed by atoms with E-state index in [4.69, 9.17) is 21.3 Å². The molecule has 0 aliphatic carbocycles. The van der Waals surface area contributed by atoms with Crippen LogP contribution >= 0.6 is 11.6 Å². The number of ether oxygens (including phenoxy) is 1.